The molecule has 2 amide bonds. The number of aromatic nitrogens is 2. The van der Waals surface area contributed by atoms with E-state index in [-0.39, 0.29) is 23.8 Å². The zero-order valence-corrected chi connectivity index (χ0v) is 21.3. The van der Waals surface area contributed by atoms with Crippen molar-refractivity contribution in [3.63, 3.8) is 0 Å². The molecule has 1 aromatic heterocycles. The number of benzene rings is 1. The van der Waals surface area contributed by atoms with Gasteiger partial charge in [0.25, 0.3) is 5.91 Å². The first kappa shape index (κ1) is 24.8. The van der Waals surface area contributed by atoms with Crippen LogP contribution in [0.2, 0.25) is 0 Å². The zero-order valence-electron chi connectivity index (χ0n) is 21.3. The van der Waals surface area contributed by atoms with Gasteiger partial charge in [-0.25, -0.2) is 4.98 Å². The van der Waals surface area contributed by atoms with Crippen LogP contribution < -0.4 is 25.2 Å². The lowest BCUT2D eigenvalue weighted by Gasteiger charge is -2.37. The first-order valence-corrected chi connectivity index (χ1v) is 12.5. The number of nitrogens with one attached hydrogen (secondary N) is 2. The fraction of sp³-hybridized carbons (Fsp3) is 0.538. The lowest BCUT2D eigenvalue weighted by atomic mass is 9.92. The molecule has 0 saturated heterocycles. The van der Waals surface area contributed by atoms with E-state index in [1.807, 2.05) is 7.05 Å². The van der Waals surface area contributed by atoms with Crippen LogP contribution in [0, 0.1) is 5.92 Å². The highest BCUT2D eigenvalue weighted by molar-refractivity contribution is 5.99. The molecule has 1 fully saturated rings. The quantitative estimate of drug-likeness (QED) is 0.615. The molecule has 1 aliphatic carbocycles. The van der Waals surface area contributed by atoms with E-state index in [0.29, 0.717) is 29.0 Å². The summed E-state index contributed by atoms with van der Waals surface area (Å²) in [6.45, 7) is 4.29. The minimum absolute atomic E-state index is 0.0402. The highest BCUT2D eigenvalue weighted by atomic mass is 16.5. The number of nitrogens with zero attached hydrogens (tertiary/aromatic N) is 4. The Balaban J connectivity index is 1.74. The van der Waals surface area contributed by atoms with Crippen molar-refractivity contribution in [2.75, 3.05) is 36.3 Å². The third-order valence-electron chi connectivity index (χ3n) is 7.28. The Morgan fingerprint density at radius 3 is 2.66 bits per heavy atom. The van der Waals surface area contributed by atoms with E-state index in [1.54, 1.807) is 43.5 Å². The maximum atomic E-state index is 13.4. The number of amides is 2. The third kappa shape index (κ3) is 4.76. The number of rotatable bonds is 7. The van der Waals surface area contributed by atoms with Gasteiger partial charge < -0.3 is 25.2 Å². The molecule has 35 heavy (non-hydrogen) atoms. The van der Waals surface area contributed by atoms with Gasteiger partial charge in [0.2, 0.25) is 11.9 Å². The van der Waals surface area contributed by atoms with Gasteiger partial charge in [0.1, 0.15) is 11.4 Å². The van der Waals surface area contributed by atoms with Crippen LogP contribution in [0.25, 0.3) is 0 Å². The van der Waals surface area contributed by atoms with Crippen LogP contribution in [0.1, 0.15) is 62.7 Å². The molecule has 188 valence electrons. The van der Waals surface area contributed by atoms with Gasteiger partial charge in [-0.05, 0) is 44.4 Å². The van der Waals surface area contributed by atoms with E-state index in [9.17, 15) is 9.59 Å². The van der Waals surface area contributed by atoms with Crippen LogP contribution in [0.15, 0.2) is 24.4 Å². The van der Waals surface area contributed by atoms with Gasteiger partial charge in [-0.3, -0.25) is 9.59 Å². The molecule has 0 unspecified atom stereocenters. The van der Waals surface area contributed by atoms with Gasteiger partial charge in [0, 0.05) is 31.7 Å². The summed E-state index contributed by atoms with van der Waals surface area (Å²) in [6, 6.07) is 5.58. The number of carbonyl (C=O) groups excluding carboxylic acids is 2. The molecule has 2 heterocycles. The van der Waals surface area contributed by atoms with Crippen LogP contribution in [0.5, 0.6) is 5.75 Å². The lowest BCUT2D eigenvalue weighted by Crippen LogP contribution is -2.47. The van der Waals surface area contributed by atoms with Gasteiger partial charge in [0.15, 0.2) is 5.82 Å². The highest BCUT2D eigenvalue weighted by Gasteiger charge is 2.41. The van der Waals surface area contributed by atoms with Crippen molar-refractivity contribution in [1.29, 1.82) is 0 Å². The van der Waals surface area contributed by atoms with Crippen molar-refractivity contribution in [1.82, 2.24) is 15.3 Å². The normalized spacial score (nSPS) is 20.4. The van der Waals surface area contributed by atoms with E-state index in [1.165, 1.54) is 12.8 Å². The maximum Gasteiger partial charge on any atom is 0.251 e. The Bertz CT molecular complexity index is 1080. The van der Waals surface area contributed by atoms with Crippen LogP contribution in [0.4, 0.5) is 23.1 Å². The fourth-order valence-corrected chi connectivity index (χ4v) is 5.38. The molecular weight excluding hydrogens is 444 g/mol. The Labute approximate surface area is 207 Å². The molecule has 1 aromatic carbocycles. The summed E-state index contributed by atoms with van der Waals surface area (Å²) in [5.74, 6) is 1.56. The van der Waals surface area contributed by atoms with Crippen molar-refractivity contribution < 1.29 is 14.3 Å². The topological polar surface area (TPSA) is 99.7 Å². The predicted molar refractivity (Wildman–Crippen MR) is 138 cm³/mol. The lowest BCUT2D eigenvalue weighted by molar-refractivity contribution is -0.122. The molecule has 2 aromatic rings. The molecule has 0 radical (unpaired) electrons. The Hall–Kier alpha value is -3.36. The molecule has 1 aliphatic heterocycles. The summed E-state index contributed by atoms with van der Waals surface area (Å²) in [7, 11) is 4.98. The number of carbonyl (C=O) groups is 2. The second-order valence-electron chi connectivity index (χ2n) is 9.40. The predicted octanol–water partition coefficient (Wildman–Crippen LogP) is 4.12. The Kier molecular flexibility index (Phi) is 7.42. The highest BCUT2D eigenvalue weighted by Crippen LogP contribution is 2.41. The van der Waals surface area contributed by atoms with Crippen LogP contribution in [0.3, 0.4) is 0 Å². The summed E-state index contributed by atoms with van der Waals surface area (Å²) in [6.07, 6.45) is 8.11. The first-order chi connectivity index (χ1) is 16.9. The van der Waals surface area contributed by atoms with Crippen molar-refractivity contribution in [3.05, 3.63) is 30.0 Å². The van der Waals surface area contributed by atoms with Crippen LogP contribution in [-0.4, -0.2) is 55.1 Å². The van der Waals surface area contributed by atoms with E-state index < -0.39 is 0 Å². The second kappa shape index (κ2) is 10.5. The fourth-order valence-electron chi connectivity index (χ4n) is 5.38. The largest absolute Gasteiger partial charge is 0.495 e. The number of anilines is 4. The standard InChI is InChI=1S/C26H36N6O3/c1-6-9-19-16(2)32(18-10-7-8-11-18)23-21(31(4)25(19)34)15-28-26(30-23)29-20-13-12-17(24(33)27-3)14-22(20)35-5/h12-16,18-19H,6-11H2,1-5H3,(H,27,33)(H,28,29,30)/t16-,19+/m1/s1. The molecule has 4 rings (SSSR count). The van der Waals surface area contributed by atoms with Gasteiger partial charge in [-0.15, -0.1) is 0 Å². The maximum absolute atomic E-state index is 13.4. The van der Waals surface area contributed by atoms with Crippen LogP contribution in [-0.2, 0) is 4.79 Å². The molecule has 0 bridgehead atoms. The number of ether oxygens (including phenoxy) is 1. The van der Waals surface area contributed by atoms with E-state index >= 15 is 0 Å². The van der Waals surface area contributed by atoms with Gasteiger partial charge in [-0.1, -0.05) is 26.2 Å². The average Bonchev–Trinajstić information content (AvgIpc) is 3.38. The summed E-state index contributed by atoms with van der Waals surface area (Å²) in [4.78, 5) is 39.0. The Morgan fingerprint density at radius 1 is 1.26 bits per heavy atom. The Morgan fingerprint density at radius 2 is 2.00 bits per heavy atom. The molecule has 2 atom stereocenters. The molecule has 2 aliphatic rings. The SMILES string of the molecule is CCC[C@@H]1C(=O)N(C)c2cnc(Nc3ccc(C(=O)NC)cc3OC)nc2N(C2CCCC2)[C@@H]1C. The van der Waals surface area contributed by atoms with Gasteiger partial charge in [0.05, 0.1) is 24.9 Å². The van der Waals surface area contributed by atoms with Gasteiger partial charge >= 0.3 is 0 Å². The van der Waals surface area contributed by atoms with Crippen molar-refractivity contribution >= 4 is 35.0 Å². The van der Waals surface area contributed by atoms with Crippen molar-refractivity contribution in [2.45, 2.75) is 64.5 Å². The summed E-state index contributed by atoms with van der Waals surface area (Å²) in [5.41, 5.74) is 1.89. The summed E-state index contributed by atoms with van der Waals surface area (Å²) < 4.78 is 5.52. The monoisotopic (exact) mass is 480 g/mol. The van der Waals surface area contributed by atoms with Crippen LogP contribution >= 0.6 is 0 Å². The molecule has 1 saturated carbocycles. The average molecular weight is 481 g/mol. The number of hydrogen-bond donors (Lipinski definition) is 2. The van der Waals surface area contributed by atoms with Crippen molar-refractivity contribution in [2.24, 2.45) is 5.92 Å². The molecule has 0 spiro atoms. The minimum Gasteiger partial charge on any atom is -0.495 e. The number of fused-ring (bicyclic) bond motifs is 1. The second-order valence-corrected chi connectivity index (χ2v) is 9.40. The number of methoxy groups -OCH3 is 1. The molecular formula is C26H36N6O3. The number of hydrogen-bond acceptors (Lipinski definition) is 7. The molecule has 9 heteroatoms. The van der Waals surface area contributed by atoms with Crippen molar-refractivity contribution in [3.8, 4) is 5.75 Å². The van der Waals surface area contributed by atoms with E-state index in [4.69, 9.17) is 9.72 Å². The molecule has 9 nitrogen and oxygen atoms in total. The zero-order chi connectivity index (χ0) is 25.1. The summed E-state index contributed by atoms with van der Waals surface area (Å²) in [5, 5.41) is 5.88. The minimum atomic E-state index is -0.188. The smallest absolute Gasteiger partial charge is 0.251 e. The first-order valence-electron chi connectivity index (χ1n) is 12.5. The van der Waals surface area contributed by atoms with E-state index in [2.05, 4.69) is 34.4 Å². The third-order valence-corrected chi connectivity index (χ3v) is 7.28. The molecule has 2 N–H and O–H groups in total. The van der Waals surface area contributed by atoms with Gasteiger partial charge in [-0.2, -0.15) is 4.98 Å². The summed E-state index contributed by atoms with van der Waals surface area (Å²) >= 11 is 0. The van der Waals surface area contributed by atoms with E-state index in [0.717, 1.165) is 37.2 Å².